The minimum absolute atomic E-state index is 0.0493. The van der Waals surface area contributed by atoms with Crippen molar-refractivity contribution in [3.63, 3.8) is 0 Å². The smallest absolute Gasteiger partial charge is 0.322 e. The van der Waals surface area contributed by atoms with Crippen LogP contribution in [0.2, 0.25) is 0 Å². The Hall–Kier alpha value is -2.43. The van der Waals surface area contributed by atoms with Gasteiger partial charge in [-0.1, -0.05) is 19.4 Å². The van der Waals surface area contributed by atoms with Crippen LogP contribution in [0.3, 0.4) is 0 Å². The van der Waals surface area contributed by atoms with Gasteiger partial charge in [0.05, 0.1) is 13.2 Å². The van der Waals surface area contributed by atoms with E-state index in [9.17, 15) is 4.79 Å². The third-order valence-electron chi connectivity index (χ3n) is 4.66. The van der Waals surface area contributed by atoms with Crippen LogP contribution in [-0.4, -0.2) is 29.2 Å². The van der Waals surface area contributed by atoms with E-state index in [0.29, 0.717) is 0 Å². The Balaban J connectivity index is 1.80. The summed E-state index contributed by atoms with van der Waals surface area (Å²) >= 11 is 0. The van der Waals surface area contributed by atoms with Gasteiger partial charge in [0.1, 0.15) is 5.75 Å². The summed E-state index contributed by atoms with van der Waals surface area (Å²) in [6.45, 7) is 5.86. The number of hydrogen-bond acceptors (Lipinski definition) is 2. The normalized spacial score (nSPS) is 16.6. The molecule has 2 amide bonds. The third-order valence-corrected chi connectivity index (χ3v) is 4.66. The first-order valence-electron chi connectivity index (χ1n) is 8.51. The Morgan fingerprint density at radius 3 is 2.88 bits per heavy atom. The lowest BCUT2D eigenvalue weighted by Gasteiger charge is -2.37. The van der Waals surface area contributed by atoms with Crippen molar-refractivity contribution in [1.82, 2.24) is 9.47 Å². The van der Waals surface area contributed by atoms with E-state index < -0.39 is 0 Å². The second-order valence-corrected chi connectivity index (χ2v) is 6.21. The van der Waals surface area contributed by atoms with Crippen molar-refractivity contribution < 1.29 is 9.53 Å². The number of hydrogen-bond donors (Lipinski definition) is 1. The monoisotopic (exact) mass is 327 g/mol. The molecule has 0 radical (unpaired) electrons. The summed E-state index contributed by atoms with van der Waals surface area (Å²) in [6, 6.07) is 11.8. The van der Waals surface area contributed by atoms with Crippen LogP contribution in [0.1, 0.15) is 37.2 Å². The van der Waals surface area contributed by atoms with E-state index in [1.807, 2.05) is 29.2 Å². The van der Waals surface area contributed by atoms with Gasteiger partial charge in [0, 0.05) is 36.2 Å². The van der Waals surface area contributed by atoms with Gasteiger partial charge < -0.3 is 19.5 Å². The van der Waals surface area contributed by atoms with Crippen molar-refractivity contribution in [3.8, 4) is 5.75 Å². The van der Waals surface area contributed by atoms with E-state index in [1.54, 1.807) is 7.11 Å². The molecule has 1 N–H and O–H groups in total. The Bertz CT molecular complexity index is 723. The maximum atomic E-state index is 12.8. The number of carbonyl (C=O) groups is 1. The van der Waals surface area contributed by atoms with E-state index in [-0.39, 0.29) is 12.1 Å². The van der Waals surface area contributed by atoms with Gasteiger partial charge >= 0.3 is 6.03 Å². The number of aryl methyl sites for hydroxylation is 1. The number of methoxy groups -OCH3 is 1. The van der Waals surface area contributed by atoms with Crippen LogP contribution in [0.4, 0.5) is 10.5 Å². The van der Waals surface area contributed by atoms with E-state index in [4.69, 9.17) is 4.74 Å². The van der Waals surface area contributed by atoms with Gasteiger partial charge in [-0.05, 0) is 37.6 Å². The Labute approximate surface area is 143 Å². The molecule has 1 unspecified atom stereocenters. The molecular formula is C19H25N3O2. The van der Waals surface area contributed by atoms with Gasteiger partial charge in [0.25, 0.3) is 0 Å². The molecule has 5 heteroatoms. The highest BCUT2D eigenvalue weighted by molar-refractivity contribution is 5.90. The molecule has 2 heterocycles. The molecule has 5 nitrogen and oxygen atoms in total. The summed E-state index contributed by atoms with van der Waals surface area (Å²) in [7, 11) is 1.62. The van der Waals surface area contributed by atoms with Gasteiger partial charge in [0.15, 0.2) is 0 Å². The molecular weight excluding hydrogens is 302 g/mol. The number of fused-ring (bicyclic) bond motifs is 1. The summed E-state index contributed by atoms with van der Waals surface area (Å²) in [5.41, 5.74) is 3.26. The number of benzene rings is 1. The summed E-state index contributed by atoms with van der Waals surface area (Å²) < 4.78 is 7.55. The fourth-order valence-electron chi connectivity index (χ4n) is 3.43. The predicted molar refractivity (Wildman–Crippen MR) is 95.5 cm³/mol. The fourth-order valence-corrected chi connectivity index (χ4v) is 3.43. The van der Waals surface area contributed by atoms with Crippen molar-refractivity contribution in [1.29, 1.82) is 0 Å². The van der Waals surface area contributed by atoms with Crippen LogP contribution in [0.25, 0.3) is 0 Å². The molecule has 0 fully saturated rings. The Morgan fingerprint density at radius 1 is 1.29 bits per heavy atom. The summed E-state index contributed by atoms with van der Waals surface area (Å²) in [4.78, 5) is 14.8. The standard InChI is InChI=1S/C19H25N3O2/c1-4-6-17-18-10-9-14(2)21(18)11-12-22(17)19(23)20-15-7-5-8-16(13-15)24-3/h5,7-10,13,17H,4,6,11-12H2,1-3H3,(H,20,23). The quantitative estimate of drug-likeness (QED) is 0.915. The molecule has 24 heavy (non-hydrogen) atoms. The largest absolute Gasteiger partial charge is 0.497 e. The first-order chi connectivity index (χ1) is 11.6. The molecule has 3 rings (SSSR count). The minimum Gasteiger partial charge on any atom is -0.497 e. The van der Waals surface area contributed by atoms with Crippen molar-refractivity contribution in [2.24, 2.45) is 0 Å². The first kappa shape index (κ1) is 16.4. The van der Waals surface area contributed by atoms with Gasteiger partial charge in [-0.2, -0.15) is 0 Å². The number of nitrogens with one attached hydrogen (secondary N) is 1. The molecule has 1 aromatic heterocycles. The molecule has 0 spiro atoms. The molecule has 1 aromatic carbocycles. The van der Waals surface area contributed by atoms with Crippen LogP contribution >= 0.6 is 0 Å². The number of nitrogens with zero attached hydrogens (tertiary/aromatic N) is 2. The lowest BCUT2D eigenvalue weighted by molar-refractivity contribution is 0.162. The molecule has 2 aromatic rings. The van der Waals surface area contributed by atoms with Crippen molar-refractivity contribution in [2.75, 3.05) is 19.0 Å². The lowest BCUT2D eigenvalue weighted by atomic mass is 10.0. The van der Waals surface area contributed by atoms with E-state index in [0.717, 1.165) is 37.4 Å². The van der Waals surface area contributed by atoms with Gasteiger partial charge in [0.2, 0.25) is 0 Å². The van der Waals surface area contributed by atoms with Gasteiger partial charge in [-0.25, -0.2) is 4.79 Å². The second kappa shape index (κ2) is 6.99. The third kappa shape index (κ3) is 3.11. The molecule has 0 bridgehead atoms. The number of aromatic nitrogens is 1. The van der Waals surface area contributed by atoms with Crippen LogP contribution in [-0.2, 0) is 6.54 Å². The first-order valence-corrected chi connectivity index (χ1v) is 8.51. The highest BCUT2D eigenvalue weighted by Gasteiger charge is 2.31. The molecule has 0 saturated carbocycles. The van der Waals surface area contributed by atoms with Crippen molar-refractivity contribution in [2.45, 2.75) is 39.3 Å². The summed E-state index contributed by atoms with van der Waals surface area (Å²) in [5, 5.41) is 3.01. The molecule has 0 saturated heterocycles. The fraction of sp³-hybridized carbons (Fsp3) is 0.421. The number of ether oxygens (including phenoxy) is 1. The van der Waals surface area contributed by atoms with Gasteiger partial charge in [-0.3, -0.25) is 0 Å². The van der Waals surface area contributed by atoms with E-state index >= 15 is 0 Å². The van der Waals surface area contributed by atoms with Crippen molar-refractivity contribution >= 4 is 11.7 Å². The number of rotatable bonds is 4. The topological polar surface area (TPSA) is 46.5 Å². The molecule has 1 atom stereocenters. The average molecular weight is 327 g/mol. The summed E-state index contributed by atoms with van der Waals surface area (Å²) in [5.74, 6) is 0.737. The lowest BCUT2D eigenvalue weighted by Crippen LogP contribution is -2.44. The Morgan fingerprint density at radius 2 is 2.12 bits per heavy atom. The molecule has 128 valence electrons. The highest BCUT2D eigenvalue weighted by atomic mass is 16.5. The van der Waals surface area contributed by atoms with Crippen LogP contribution in [0, 0.1) is 6.92 Å². The molecule has 1 aliphatic heterocycles. The van der Waals surface area contributed by atoms with Crippen LogP contribution in [0.15, 0.2) is 36.4 Å². The second-order valence-electron chi connectivity index (χ2n) is 6.21. The number of carbonyl (C=O) groups excluding carboxylic acids is 1. The predicted octanol–water partition coefficient (Wildman–Crippen LogP) is 4.19. The average Bonchev–Trinajstić information content (AvgIpc) is 2.97. The zero-order valence-electron chi connectivity index (χ0n) is 14.6. The SMILES string of the molecule is CCCC1c2ccc(C)n2CCN1C(=O)Nc1cccc(OC)c1. The molecule has 0 aliphatic carbocycles. The van der Waals surface area contributed by atoms with Crippen LogP contribution < -0.4 is 10.1 Å². The van der Waals surface area contributed by atoms with Gasteiger partial charge in [-0.15, -0.1) is 0 Å². The number of amides is 2. The van der Waals surface area contributed by atoms with Crippen molar-refractivity contribution in [3.05, 3.63) is 47.8 Å². The number of urea groups is 1. The van der Waals surface area contributed by atoms with E-state index in [2.05, 4.69) is 35.9 Å². The zero-order chi connectivity index (χ0) is 17.1. The minimum atomic E-state index is -0.0493. The Kier molecular flexibility index (Phi) is 4.79. The summed E-state index contributed by atoms with van der Waals surface area (Å²) in [6.07, 6.45) is 2.01. The number of anilines is 1. The molecule has 1 aliphatic rings. The van der Waals surface area contributed by atoms with E-state index in [1.165, 1.54) is 11.4 Å². The maximum absolute atomic E-state index is 12.8. The van der Waals surface area contributed by atoms with Crippen LogP contribution in [0.5, 0.6) is 5.75 Å². The highest BCUT2D eigenvalue weighted by Crippen LogP contribution is 2.32. The zero-order valence-corrected chi connectivity index (χ0v) is 14.6. The maximum Gasteiger partial charge on any atom is 0.322 e.